The van der Waals surface area contributed by atoms with E-state index in [9.17, 15) is 9.59 Å². The maximum absolute atomic E-state index is 11.2. The van der Waals surface area contributed by atoms with E-state index < -0.39 is 0 Å². The number of hydrogen-bond donors (Lipinski definition) is 0. The number of hydrogen-bond acceptors (Lipinski definition) is 5. The highest BCUT2D eigenvalue weighted by Crippen LogP contribution is 2.19. The van der Waals surface area contributed by atoms with Gasteiger partial charge >= 0.3 is 5.97 Å². The lowest BCUT2D eigenvalue weighted by Gasteiger charge is -2.03. The van der Waals surface area contributed by atoms with Crippen molar-refractivity contribution in [3.63, 3.8) is 0 Å². The van der Waals surface area contributed by atoms with Crippen LogP contribution in [-0.2, 0) is 19.2 Å². The molecule has 1 aliphatic rings. The average molecular weight is 239 g/mol. The molecule has 0 amide bonds. The number of ether oxygens (including phenoxy) is 1. The Bertz CT molecular complexity index is 358. The zero-order chi connectivity index (χ0) is 12.7. The van der Waals surface area contributed by atoms with Crippen LogP contribution in [0.2, 0.25) is 0 Å². The molecule has 0 aromatic heterocycles. The summed E-state index contributed by atoms with van der Waals surface area (Å²) in [5, 5.41) is 3.80. The van der Waals surface area contributed by atoms with Crippen molar-refractivity contribution in [3.8, 4) is 0 Å². The summed E-state index contributed by atoms with van der Waals surface area (Å²) >= 11 is 0. The zero-order valence-corrected chi connectivity index (χ0v) is 10.2. The van der Waals surface area contributed by atoms with Crippen molar-refractivity contribution >= 4 is 17.5 Å². The quantitative estimate of drug-likeness (QED) is 0.522. The van der Waals surface area contributed by atoms with Crippen LogP contribution in [0.1, 0.15) is 32.6 Å². The van der Waals surface area contributed by atoms with Crippen molar-refractivity contribution in [1.29, 1.82) is 0 Å². The molecule has 0 spiro atoms. The molecule has 0 N–H and O–H groups in total. The summed E-state index contributed by atoms with van der Waals surface area (Å²) in [6.07, 6.45) is 3.53. The van der Waals surface area contributed by atoms with Gasteiger partial charge in [-0.25, -0.2) is 0 Å². The molecule has 5 heteroatoms. The van der Waals surface area contributed by atoms with Gasteiger partial charge in [0.1, 0.15) is 7.11 Å². The van der Waals surface area contributed by atoms with Gasteiger partial charge in [0.15, 0.2) is 5.78 Å². The predicted octanol–water partition coefficient (Wildman–Crippen LogP) is 1.62. The van der Waals surface area contributed by atoms with Gasteiger partial charge in [0.2, 0.25) is 0 Å². The van der Waals surface area contributed by atoms with Gasteiger partial charge in [-0.3, -0.25) is 9.59 Å². The Balaban J connectivity index is 2.40. The molecule has 1 aliphatic carbocycles. The maximum atomic E-state index is 11.2. The molecule has 0 bridgehead atoms. The Hall–Kier alpha value is -1.65. The lowest BCUT2D eigenvalue weighted by molar-refractivity contribution is -0.143. The second-order valence-corrected chi connectivity index (χ2v) is 3.69. The van der Waals surface area contributed by atoms with Gasteiger partial charge in [0, 0.05) is 6.42 Å². The van der Waals surface area contributed by atoms with E-state index in [0.29, 0.717) is 38.0 Å². The summed E-state index contributed by atoms with van der Waals surface area (Å²) in [4.78, 5) is 27.0. The van der Waals surface area contributed by atoms with Crippen LogP contribution < -0.4 is 0 Å². The highest BCUT2D eigenvalue weighted by molar-refractivity contribution is 6.21. The molecule has 17 heavy (non-hydrogen) atoms. The summed E-state index contributed by atoms with van der Waals surface area (Å²) in [6.45, 7) is 2.18. The molecule has 1 rings (SSSR count). The Morgan fingerprint density at radius 3 is 2.94 bits per heavy atom. The van der Waals surface area contributed by atoms with Crippen LogP contribution in [0.15, 0.2) is 16.8 Å². The van der Waals surface area contributed by atoms with E-state index in [1.165, 1.54) is 7.11 Å². The van der Waals surface area contributed by atoms with Crippen molar-refractivity contribution in [2.75, 3.05) is 13.7 Å². The van der Waals surface area contributed by atoms with Crippen molar-refractivity contribution in [3.05, 3.63) is 11.6 Å². The lowest BCUT2D eigenvalue weighted by Crippen LogP contribution is -2.05. The van der Waals surface area contributed by atoms with E-state index in [2.05, 4.69) is 9.99 Å². The van der Waals surface area contributed by atoms with Gasteiger partial charge in [0.25, 0.3) is 0 Å². The number of oxime groups is 1. The number of ketones is 1. The van der Waals surface area contributed by atoms with E-state index in [1.807, 2.05) is 0 Å². The second kappa shape index (κ2) is 6.83. The third-order valence-corrected chi connectivity index (χ3v) is 2.38. The van der Waals surface area contributed by atoms with Crippen molar-refractivity contribution in [2.24, 2.45) is 5.16 Å². The van der Waals surface area contributed by atoms with Gasteiger partial charge in [-0.1, -0.05) is 5.16 Å². The first kappa shape index (κ1) is 13.4. The molecule has 0 atom stereocenters. The third-order valence-electron chi connectivity index (χ3n) is 2.38. The molecule has 0 aromatic rings. The minimum atomic E-state index is -0.206. The standard InChI is InChI=1S/C12H17NO4/c1-3-17-12(15)6-4-5-9-7-10(14)8-11(9)13-16-2/h7H,3-6,8H2,1-2H3. The topological polar surface area (TPSA) is 65.0 Å². The molecular formula is C12H17NO4. The van der Waals surface area contributed by atoms with E-state index >= 15 is 0 Å². The van der Waals surface area contributed by atoms with Crippen LogP contribution in [0, 0.1) is 0 Å². The Morgan fingerprint density at radius 1 is 1.53 bits per heavy atom. The lowest BCUT2D eigenvalue weighted by atomic mass is 10.1. The largest absolute Gasteiger partial charge is 0.466 e. The summed E-state index contributed by atoms with van der Waals surface area (Å²) in [5.41, 5.74) is 1.53. The van der Waals surface area contributed by atoms with E-state index in [1.54, 1.807) is 13.0 Å². The molecule has 0 aliphatic heterocycles. The first-order chi connectivity index (χ1) is 8.17. The van der Waals surface area contributed by atoms with Crippen LogP contribution in [0.3, 0.4) is 0 Å². The van der Waals surface area contributed by atoms with Crippen LogP contribution in [0.4, 0.5) is 0 Å². The number of carbonyl (C=O) groups excluding carboxylic acids is 2. The van der Waals surface area contributed by atoms with E-state index in [4.69, 9.17) is 4.74 Å². The number of nitrogens with zero attached hydrogens (tertiary/aromatic N) is 1. The summed E-state index contributed by atoms with van der Waals surface area (Å²) < 4.78 is 4.82. The number of carbonyl (C=O) groups is 2. The van der Waals surface area contributed by atoms with E-state index in [-0.39, 0.29) is 11.8 Å². The molecular weight excluding hydrogens is 222 g/mol. The summed E-state index contributed by atoms with van der Waals surface area (Å²) in [5.74, 6) is -0.172. The fraction of sp³-hybridized carbons (Fsp3) is 0.583. The molecule has 5 nitrogen and oxygen atoms in total. The highest BCUT2D eigenvalue weighted by atomic mass is 16.6. The maximum Gasteiger partial charge on any atom is 0.305 e. The smallest absolute Gasteiger partial charge is 0.305 e. The Labute approximate surface area is 100 Å². The number of allylic oxidation sites excluding steroid dienone is 2. The normalized spacial score (nSPS) is 17.2. The van der Waals surface area contributed by atoms with Gasteiger partial charge in [0.05, 0.1) is 18.7 Å². The van der Waals surface area contributed by atoms with Crippen molar-refractivity contribution < 1.29 is 19.2 Å². The van der Waals surface area contributed by atoms with Crippen LogP contribution in [-0.4, -0.2) is 31.2 Å². The Morgan fingerprint density at radius 2 is 2.29 bits per heavy atom. The van der Waals surface area contributed by atoms with Crippen LogP contribution >= 0.6 is 0 Å². The van der Waals surface area contributed by atoms with E-state index in [0.717, 1.165) is 5.57 Å². The molecule has 0 saturated carbocycles. The summed E-state index contributed by atoms with van der Waals surface area (Å²) in [6, 6.07) is 0. The van der Waals surface area contributed by atoms with Crippen LogP contribution in [0.5, 0.6) is 0 Å². The first-order valence-electron chi connectivity index (χ1n) is 5.66. The molecule has 0 unspecified atom stereocenters. The van der Waals surface area contributed by atoms with Gasteiger partial charge in [-0.15, -0.1) is 0 Å². The molecule has 0 aromatic carbocycles. The first-order valence-corrected chi connectivity index (χ1v) is 5.66. The fourth-order valence-electron chi connectivity index (χ4n) is 1.68. The highest BCUT2D eigenvalue weighted by Gasteiger charge is 2.20. The molecule has 0 fully saturated rings. The molecule has 94 valence electrons. The minimum absolute atomic E-state index is 0.0342. The second-order valence-electron chi connectivity index (χ2n) is 3.69. The van der Waals surface area contributed by atoms with Crippen molar-refractivity contribution in [2.45, 2.75) is 32.6 Å². The third kappa shape index (κ3) is 4.38. The predicted molar refractivity (Wildman–Crippen MR) is 62.6 cm³/mol. The molecule has 0 heterocycles. The number of rotatable bonds is 6. The monoisotopic (exact) mass is 239 g/mol. The minimum Gasteiger partial charge on any atom is -0.466 e. The number of esters is 1. The van der Waals surface area contributed by atoms with Crippen LogP contribution in [0.25, 0.3) is 0 Å². The van der Waals surface area contributed by atoms with Gasteiger partial charge < -0.3 is 9.57 Å². The molecule has 0 radical (unpaired) electrons. The Kier molecular flexibility index (Phi) is 5.39. The zero-order valence-electron chi connectivity index (χ0n) is 10.2. The van der Waals surface area contributed by atoms with Gasteiger partial charge in [-0.2, -0.15) is 0 Å². The van der Waals surface area contributed by atoms with Crippen molar-refractivity contribution in [1.82, 2.24) is 0 Å². The fourth-order valence-corrected chi connectivity index (χ4v) is 1.68. The SMILES string of the molecule is CCOC(=O)CCCC1=CC(=O)CC1=NOC. The average Bonchev–Trinajstić information content (AvgIpc) is 2.60. The summed E-state index contributed by atoms with van der Waals surface area (Å²) in [7, 11) is 1.45. The molecule has 0 saturated heterocycles. The van der Waals surface area contributed by atoms with Gasteiger partial charge in [-0.05, 0) is 31.4 Å².